The molecule has 4 nitrogen and oxygen atoms in total. The molecule has 0 saturated heterocycles. The molecule has 1 aliphatic rings. The average Bonchev–Trinajstić information content (AvgIpc) is 2.16. The van der Waals surface area contributed by atoms with Gasteiger partial charge in [0.25, 0.3) is 0 Å². The lowest BCUT2D eigenvalue weighted by Crippen LogP contribution is -2.20. The first kappa shape index (κ1) is 9.96. The summed E-state index contributed by atoms with van der Waals surface area (Å²) in [5.41, 5.74) is 6.33. The minimum Gasteiger partial charge on any atom is -0.461 e. The van der Waals surface area contributed by atoms with Gasteiger partial charge in [-0.25, -0.2) is 9.78 Å². The van der Waals surface area contributed by atoms with E-state index in [9.17, 15) is 4.79 Å². The molecule has 1 aromatic heterocycles. The molecule has 1 saturated carbocycles. The van der Waals surface area contributed by atoms with Crippen LogP contribution in [0.3, 0.4) is 0 Å². The largest absolute Gasteiger partial charge is 0.461 e. The number of rotatable bonds is 3. The summed E-state index contributed by atoms with van der Waals surface area (Å²) in [4.78, 5) is 15.4. The van der Waals surface area contributed by atoms with Gasteiger partial charge in [-0.05, 0) is 30.9 Å². The highest BCUT2D eigenvalue weighted by Gasteiger charge is 2.19. The van der Waals surface area contributed by atoms with Crippen LogP contribution in [0, 0.1) is 5.92 Å². The van der Waals surface area contributed by atoms with Gasteiger partial charge in [0.05, 0.1) is 18.5 Å². The number of nitrogens with two attached hydrogens (primary N) is 1. The molecular formula is C11H14N2O2. The first-order valence-corrected chi connectivity index (χ1v) is 5.14. The van der Waals surface area contributed by atoms with Gasteiger partial charge >= 0.3 is 5.97 Å². The molecule has 0 aromatic carbocycles. The van der Waals surface area contributed by atoms with E-state index < -0.39 is 0 Å². The first-order valence-electron chi connectivity index (χ1n) is 5.14. The summed E-state index contributed by atoms with van der Waals surface area (Å²) >= 11 is 0. The van der Waals surface area contributed by atoms with Gasteiger partial charge in [0.15, 0.2) is 0 Å². The molecule has 1 aromatic rings. The normalized spacial score (nSPS) is 15.7. The quantitative estimate of drug-likeness (QED) is 0.763. The van der Waals surface area contributed by atoms with Crippen LogP contribution < -0.4 is 5.73 Å². The Hall–Kier alpha value is -1.58. The summed E-state index contributed by atoms with van der Waals surface area (Å²) in [6.45, 7) is 0.519. The number of anilines is 1. The molecule has 2 N–H and O–H groups in total. The lowest BCUT2D eigenvalue weighted by atomic mass is 9.86. The summed E-state index contributed by atoms with van der Waals surface area (Å²) in [5, 5.41) is 0. The Morgan fingerprint density at radius 2 is 2.33 bits per heavy atom. The van der Waals surface area contributed by atoms with Gasteiger partial charge in [-0.1, -0.05) is 6.42 Å². The highest BCUT2D eigenvalue weighted by Crippen LogP contribution is 2.26. The summed E-state index contributed by atoms with van der Waals surface area (Å²) < 4.78 is 5.13. The van der Waals surface area contributed by atoms with Crippen molar-refractivity contribution in [2.75, 3.05) is 12.3 Å². The van der Waals surface area contributed by atoms with E-state index in [1.54, 1.807) is 12.1 Å². The number of esters is 1. The zero-order valence-corrected chi connectivity index (χ0v) is 8.48. The van der Waals surface area contributed by atoms with Crippen molar-refractivity contribution in [1.82, 2.24) is 4.98 Å². The van der Waals surface area contributed by atoms with E-state index >= 15 is 0 Å². The molecule has 0 unspecified atom stereocenters. The van der Waals surface area contributed by atoms with Crippen molar-refractivity contribution in [2.45, 2.75) is 19.3 Å². The van der Waals surface area contributed by atoms with Crippen molar-refractivity contribution in [3.05, 3.63) is 24.0 Å². The van der Waals surface area contributed by atoms with Crippen LogP contribution in [0.5, 0.6) is 0 Å². The molecule has 1 aliphatic carbocycles. The number of pyridine rings is 1. The maximum absolute atomic E-state index is 11.5. The number of carbonyl (C=O) groups is 1. The minimum atomic E-state index is -0.359. The Labute approximate surface area is 88.4 Å². The first-order chi connectivity index (χ1) is 7.25. The van der Waals surface area contributed by atoms with Crippen LogP contribution in [-0.2, 0) is 4.74 Å². The van der Waals surface area contributed by atoms with Crippen LogP contribution in [0.1, 0.15) is 29.8 Å². The molecule has 0 radical (unpaired) electrons. The second kappa shape index (κ2) is 4.29. The van der Waals surface area contributed by atoms with Crippen LogP contribution in [0.2, 0.25) is 0 Å². The summed E-state index contributed by atoms with van der Waals surface area (Å²) in [6, 6.07) is 3.23. The van der Waals surface area contributed by atoms with Crippen molar-refractivity contribution in [1.29, 1.82) is 0 Å². The molecule has 1 heterocycles. The Morgan fingerprint density at radius 3 is 2.87 bits per heavy atom. The van der Waals surface area contributed by atoms with E-state index in [-0.39, 0.29) is 5.97 Å². The predicted octanol–water partition coefficient (Wildman–Crippen LogP) is 1.62. The maximum Gasteiger partial charge on any atom is 0.356 e. The molecule has 0 aliphatic heterocycles. The third-order valence-electron chi connectivity index (χ3n) is 2.67. The highest BCUT2D eigenvalue weighted by atomic mass is 16.5. The standard InChI is InChI=1S/C11H14N2O2/c12-9-4-5-10(13-6-9)11(14)15-7-8-2-1-3-8/h4-6,8H,1-3,7,12H2. The van der Waals surface area contributed by atoms with E-state index in [1.165, 1.54) is 25.5 Å². The van der Waals surface area contributed by atoms with E-state index in [1.807, 2.05) is 0 Å². The lowest BCUT2D eigenvalue weighted by molar-refractivity contribution is 0.0365. The van der Waals surface area contributed by atoms with Crippen LogP contribution >= 0.6 is 0 Å². The van der Waals surface area contributed by atoms with Crippen molar-refractivity contribution in [3.8, 4) is 0 Å². The molecule has 2 rings (SSSR count). The van der Waals surface area contributed by atoms with Crippen LogP contribution in [0.4, 0.5) is 5.69 Å². The molecule has 80 valence electrons. The summed E-state index contributed by atoms with van der Waals surface area (Å²) in [5.74, 6) is 0.199. The zero-order valence-electron chi connectivity index (χ0n) is 8.48. The average molecular weight is 206 g/mol. The fourth-order valence-electron chi connectivity index (χ4n) is 1.45. The van der Waals surface area contributed by atoms with E-state index in [0.717, 1.165) is 0 Å². The molecule has 4 heteroatoms. The number of nitrogen functional groups attached to an aromatic ring is 1. The van der Waals surface area contributed by atoms with Gasteiger partial charge in [0.1, 0.15) is 5.69 Å². The van der Waals surface area contributed by atoms with Gasteiger partial charge in [-0.15, -0.1) is 0 Å². The van der Waals surface area contributed by atoms with Gasteiger partial charge in [-0.3, -0.25) is 0 Å². The number of hydrogen-bond donors (Lipinski definition) is 1. The molecule has 1 fully saturated rings. The number of hydrogen-bond acceptors (Lipinski definition) is 4. The number of aromatic nitrogens is 1. The van der Waals surface area contributed by atoms with E-state index in [0.29, 0.717) is 23.9 Å². The monoisotopic (exact) mass is 206 g/mol. The summed E-state index contributed by atoms with van der Waals surface area (Å²) in [7, 11) is 0. The van der Waals surface area contributed by atoms with E-state index in [2.05, 4.69) is 4.98 Å². The number of carbonyl (C=O) groups excluding carboxylic acids is 1. The third kappa shape index (κ3) is 2.46. The fourth-order valence-corrected chi connectivity index (χ4v) is 1.45. The van der Waals surface area contributed by atoms with Crippen molar-refractivity contribution < 1.29 is 9.53 Å². The predicted molar refractivity (Wildman–Crippen MR) is 56.3 cm³/mol. The molecule has 0 bridgehead atoms. The third-order valence-corrected chi connectivity index (χ3v) is 2.67. The topological polar surface area (TPSA) is 65.2 Å². The van der Waals surface area contributed by atoms with Gasteiger partial charge in [0.2, 0.25) is 0 Å². The number of nitrogens with zero attached hydrogens (tertiary/aromatic N) is 1. The zero-order chi connectivity index (χ0) is 10.7. The maximum atomic E-state index is 11.5. The van der Waals surface area contributed by atoms with Crippen LogP contribution in [0.15, 0.2) is 18.3 Å². The van der Waals surface area contributed by atoms with Crippen LogP contribution in [0.25, 0.3) is 0 Å². The highest BCUT2D eigenvalue weighted by molar-refractivity contribution is 5.87. The van der Waals surface area contributed by atoms with Gasteiger partial charge in [-0.2, -0.15) is 0 Å². The van der Waals surface area contributed by atoms with Crippen molar-refractivity contribution in [3.63, 3.8) is 0 Å². The SMILES string of the molecule is Nc1ccc(C(=O)OCC2CCC2)nc1. The molecule has 0 atom stereocenters. The van der Waals surface area contributed by atoms with Crippen molar-refractivity contribution in [2.24, 2.45) is 5.92 Å². The molecule has 15 heavy (non-hydrogen) atoms. The van der Waals surface area contributed by atoms with E-state index in [4.69, 9.17) is 10.5 Å². The smallest absolute Gasteiger partial charge is 0.356 e. The molecule has 0 amide bonds. The lowest BCUT2D eigenvalue weighted by Gasteiger charge is -2.24. The molecular weight excluding hydrogens is 192 g/mol. The Morgan fingerprint density at radius 1 is 1.53 bits per heavy atom. The second-order valence-electron chi connectivity index (χ2n) is 3.87. The van der Waals surface area contributed by atoms with Crippen LogP contribution in [-0.4, -0.2) is 17.6 Å². The fraction of sp³-hybridized carbons (Fsp3) is 0.455. The Bertz CT molecular complexity index is 344. The Balaban J connectivity index is 1.86. The van der Waals surface area contributed by atoms with Gasteiger partial charge < -0.3 is 10.5 Å². The van der Waals surface area contributed by atoms with Gasteiger partial charge in [0, 0.05) is 0 Å². The molecule has 0 spiro atoms. The van der Waals surface area contributed by atoms with Crippen molar-refractivity contribution >= 4 is 11.7 Å². The Kier molecular flexibility index (Phi) is 2.85. The second-order valence-corrected chi connectivity index (χ2v) is 3.87. The summed E-state index contributed by atoms with van der Waals surface area (Å²) in [6.07, 6.45) is 5.05. The number of ether oxygens (including phenoxy) is 1. The minimum absolute atomic E-state index is 0.323.